The maximum Gasteiger partial charge on any atom is 0.251 e. The van der Waals surface area contributed by atoms with E-state index in [1.165, 1.54) is 94.9 Å². The number of hydrogen-bond acceptors (Lipinski definition) is 1. The number of carbonyl (C=O) groups is 1. The summed E-state index contributed by atoms with van der Waals surface area (Å²) >= 11 is 0. The zero-order valence-electron chi connectivity index (χ0n) is 15.3. The molecule has 3 heteroatoms. The van der Waals surface area contributed by atoms with Crippen molar-refractivity contribution < 1.29 is 9.18 Å². The Morgan fingerprint density at radius 2 is 1.25 bits per heavy atom. The second-order valence-corrected chi connectivity index (χ2v) is 6.65. The molecule has 0 atom stereocenters. The lowest BCUT2D eigenvalue weighted by Gasteiger charge is -2.05. The van der Waals surface area contributed by atoms with Gasteiger partial charge in [0.05, 0.1) is 0 Å². The van der Waals surface area contributed by atoms with Gasteiger partial charge in [0.15, 0.2) is 0 Å². The monoisotopic (exact) mass is 335 g/mol. The van der Waals surface area contributed by atoms with E-state index in [0.29, 0.717) is 12.1 Å². The predicted molar refractivity (Wildman–Crippen MR) is 99.8 cm³/mol. The summed E-state index contributed by atoms with van der Waals surface area (Å²) in [5, 5.41) is 2.89. The molecule has 24 heavy (non-hydrogen) atoms. The van der Waals surface area contributed by atoms with Gasteiger partial charge >= 0.3 is 0 Å². The first-order valence-corrected chi connectivity index (χ1v) is 9.78. The fourth-order valence-electron chi connectivity index (χ4n) is 2.87. The molecule has 0 heterocycles. The minimum atomic E-state index is -0.312. The molecule has 0 saturated heterocycles. The van der Waals surface area contributed by atoms with Crippen LogP contribution in [0, 0.1) is 5.82 Å². The van der Waals surface area contributed by atoms with Gasteiger partial charge in [-0.15, -0.1) is 0 Å². The second-order valence-electron chi connectivity index (χ2n) is 6.65. The average molecular weight is 336 g/mol. The number of halogens is 1. The van der Waals surface area contributed by atoms with Gasteiger partial charge in [-0.3, -0.25) is 4.79 Å². The zero-order valence-corrected chi connectivity index (χ0v) is 15.3. The molecule has 2 nitrogen and oxygen atoms in total. The van der Waals surface area contributed by atoms with Crippen molar-refractivity contribution in [2.45, 2.75) is 84.0 Å². The molecule has 0 aliphatic heterocycles. The third kappa shape index (κ3) is 10.4. The molecule has 1 aromatic rings. The van der Waals surface area contributed by atoms with E-state index in [2.05, 4.69) is 12.2 Å². The van der Waals surface area contributed by atoms with Gasteiger partial charge in [-0.2, -0.15) is 0 Å². The van der Waals surface area contributed by atoms with Gasteiger partial charge in [0.25, 0.3) is 5.91 Å². The summed E-state index contributed by atoms with van der Waals surface area (Å²) in [4.78, 5) is 11.8. The van der Waals surface area contributed by atoms with Crippen LogP contribution in [0.3, 0.4) is 0 Å². The number of rotatable bonds is 14. The van der Waals surface area contributed by atoms with Gasteiger partial charge in [-0.1, -0.05) is 77.6 Å². The van der Waals surface area contributed by atoms with Gasteiger partial charge in [0, 0.05) is 12.1 Å². The van der Waals surface area contributed by atoms with Crippen molar-refractivity contribution in [1.82, 2.24) is 5.32 Å². The Bertz CT molecular complexity index is 430. The first-order valence-electron chi connectivity index (χ1n) is 9.78. The molecule has 0 spiro atoms. The van der Waals surface area contributed by atoms with Crippen LogP contribution in [0.25, 0.3) is 0 Å². The van der Waals surface area contributed by atoms with Crippen molar-refractivity contribution in [3.8, 4) is 0 Å². The highest BCUT2D eigenvalue weighted by Gasteiger charge is 2.04. The van der Waals surface area contributed by atoms with Crippen LogP contribution in [0.15, 0.2) is 24.3 Å². The Kier molecular flexibility index (Phi) is 12.1. The molecule has 0 aromatic heterocycles. The molecule has 1 amide bonds. The number of carbonyl (C=O) groups excluding carboxylic acids is 1. The molecule has 0 bridgehead atoms. The van der Waals surface area contributed by atoms with Gasteiger partial charge in [0.1, 0.15) is 5.82 Å². The number of unbranched alkanes of at least 4 members (excludes halogenated alkanes) is 11. The van der Waals surface area contributed by atoms with Gasteiger partial charge in [0.2, 0.25) is 0 Å². The van der Waals surface area contributed by atoms with Gasteiger partial charge in [-0.25, -0.2) is 4.39 Å². The van der Waals surface area contributed by atoms with Crippen LogP contribution < -0.4 is 5.32 Å². The summed E-state index contributed by atoms with van der Waals surface area (Å²) in [6.45, 7) is 2.96. The standard InChI is InChI=1S/C21H34FNO/c1-2-3-4-5-6-7-8-9-10-11-12-13-18-23-21(24)19-14-16-20(22)17-15-19/h14-17H,2-13,18H2,1H3,(H,23,24). The van der Waals surface area contributed by atoms with E-state index in [9.17, 15) is 9.18 Å². The van der Waals surface area contributed by atoms with Crippen molar-refractivity contribution in [1.29, 1.82) is 0 Å². The van der Waals surface area contributed by atoms with E-state index in [0.717, 1.165) is 6.42 Å². The van der Waals surface area contributed by atoms with Crippen LogP contribution >= 0.6 is 0 Å². The molecule has 1 N–H and O–H groups in total. The maximum absolute atomic E-state index is 12.8. The average Bonchev–Trinajstić information content (AvgIpc) is 2.59. The molecular formula is C21H34FNO. The molecule has 0 unspecified atom stereocenters. The van der Waals surface area contributed by atoms with Crippen molar-refractivity contribution in [3.63, 3.8) is 0 Å². The Hall–Kier alpha value is -1.38. The highest BCUT2D eigenvalue weighted by Crippen LogP contribution is 2.11. The normalized spacial score (nSPS) is 10.8. The molecule has 0 fully saturated rings. The summed E-state index contributed by atoms with van der Waals surface area (Å²) in [5.41, 5.74) is 0.523. The molecule has 0 aliphatic rings. The Labute approximate surface area is 147 Å². The lowest BCUT2D eigenvalue weighted by atomic mass is 10.1. The SMILES string of the molecule is CCCCCCCCCCCCCCNC(=O)c1ccc(F)cc1. The summed E-state index contributed by atoms with van der Waals surface area (Å²) in [6.07, 6.45) is 15.8. The minimum absolute atomic E-state index is 0.113. The topological polar surface area (TPSA) is 29.1 Å². The summed E-state index contributed by atoms with van der Waals surface area (Å²) < 4.78 is 12.8. The summed E-state index contributed by atoms with van der Waals surface area (Å²) in [7, 11) is 0. The molecule has 1 aromatic carbocycles. The third-order valence-electron chi connectivity index (χ3n) is 4.42. The van der Waals surface area contributed by atoms with Crippen LogP contribution in [-0.2, 0) is 0 Å². The van der Waals surface area contributed by atoms with E-state index in [1.807, 2.05) is 0 Å². The number of nitrogens with one attached hydrogen (secondary N) is 1. The first kappa shape index (κ1) is 20.7. The maximum atomic E-state index is 12.8. The van der Waals surface area contributed by atoms with Gasteiger partial charge < -0.3 is 5.32 Å². The Morgan fingerprint density at radius 1 is 0.792 bits per heavy atom. The van der Waals surface area contributed by atoms with E-state index in [-0.39, 0.29) is 11.7 Å². The second kappa shape index (κ2) is 14.0. The highest BCUT2D eigenvalue weighted by molar-refractivity contribution is 5.94. The third-order valence-corrected chi connectivity index (χ3v) is 4.42. The minimum Gasteiger partial charge on any atom is -0.352 e. The molecule has 0 radical (unpaired) electrons. The van der Waals surface area contributed by atoms with E-state index in [1.54, 1.807) is 0 Å². The first-order chi connectivity index (χ1) is 11.7. The van der Waals surface area contributed by atoms with E-state index in [4.69, 9.17) is 0 Å². The van der Waals surface area contributed by atoms with E-state index < -0.39 is 0 Å². The fourth-order valence-corrected chi connectivity index (χ4v) is 2.87. The largest absolute Gasteiger partial charge is 0.352 e. The van der Waals surface area contributed by atoms with Crippen LogP contribution in [-0.4, -0.2) is 12.5 Å². The van der Waals surface area contributed by atoms with Crippen molar-refractivity contribution >= 4 is 5.91 Å². The summed E-state index contributed by atoms with van der Waals surface area (Å²) in [6, 6.07) is 5.68. The van der Waals surface area contributed by atoms with Crippen molar-refractivity contribution in [3.05, 3.63) is 35.6 Å². The Balaban J connectivity index is 1.87. The lowest BCUT2D eigenvalue weighted by Crippen LogP contribution is -2.24. The van der Waals surface area contributed by atoms with Crippen LogP contribution in [0.1, 0.15) is 94.3 Å². The molecular weight excluding hydrogens is 301 g/mol. The predicted octanol–water partition coefficient (Wildman–Crippen LogP) is 6.26. The van der Waals surface area contributed by atoms with Crippen LogP contribution in [0.4, 0.5) is 4.39 Å². The zero-order chi connectivity index (χ0) is 17.5. The van der Waals surface area contributed by atoms with Crippen LogP contribution in [0.2, 0.25) is 0 Å². The van der Waals surface area contributed by atoms with Crippen molar-refractivity contribution in [2.24, 2.45) is 0 Å². The fraction of sp³-hybridized carbons (Fsp3) is 0.667. The highest BCUT2D eigenvalue weighted by atomic mass is 19.1. The number of hydrogen-bond donors (Lipinski definition) is 1. The molecule has 136 valence electrons. The molecule has 1 rings (SSSR count). The van der Waals surface area contributed by atoms with Crippen LogP contribution in [0.5, 0.6) is 0 Å². The number of benzene rings is 1. The lowest BCUT2D eigenvalue weighted by molar-refractivity contribution is 0.0953. The van der Waals surface area contributed by atoms with E-state index >= 15 is 0 Å². The molecule has 0 saturated carbocycles. The van der Waals surface area contributed by atoms with Gasteiger partial charge in [-0.05, 0) is 30.7 Å². The quantitative estimate of drug-likeness (QED) is 0.400. The summed E-state index contributed by atoms with van der Waals surface area (Å²) in [5.74, 6) is -0.425. The smallest absolute Gasteiger partial charge is 0.251 e. The Morgan fingerprint density at radius 3 is 1.75 bits per heavy atom. The number of amides is 1. The molecule has 0 aliphatic carbocycles. The van der Waals surface area contributed by atoms with Crippen molar-refractivity contribution in [2.75, 3.05) is 6.54 Å².